The van der Waals surface area contributed by atoms with Crippen molar-refractivity contribution in [1.82, 2.24) is 5.32 Å². The minimum absolute atomic E-state index is 0.0372. The van der Waals surface area contributed by atoms with Crippen molar-refractivity contribution in [3.8, 4) is 0 Å². The molecule has 2 nitrogen and oxygen atoms in total. The molecular formula is C8H16FNO. The number of hydrogen-bond acceptors (Lipinski definition) is 2. The van der Waals surface area contributed by atoms with Crippen molar-refractivity contribution >= 4 is 5.78 Å². The van der Waals surface area contributed by atoms with E-state index in [0.717, 1.165) is 0 Å². The molecular weight excluding hydrogens is 145 g/mol. The van der Waals surface area contributed by atoms with E-state index in [1.54, 1.807) is 0 Å². The topological polar surface area (TPSA) is 29.1 Å². The molecule has 1 rings (SSSR count). The van der Waals surface area contributed by atoms with Gasteiger partial charge in [-0.25, -0.2) is 4.39 Å². The first-order valence-corrected chi connectivity index (χ1v) is 4.08. The zero-order valence-electron chi connectivity index (χ0n) is 7.36. The second-order valence-electron chi connectivity index (χ2n) is 2.40. The largest absolute Gasteiger partial charge is 0.304 e. The second-order valence-corrected chi connectivity index (χ2v) is 2.40. The maximum Gasteiger partial charge on any atom is 0.146 e. The van der Waals surface area contributed by atoms with Crippen molar-refractivity contribution < 1.29 is 9.18 Å². The van der Waals surface area contributed by atoms with Crippen LogP contribution in [0.2, 0.25) is 0 Å². The van der Waals surface area contributed by atoms with Crippen molar-refractivity contribution in [3.05, 3.63) is 0 Å². The lowest BCUT2D eigenvalue weighted by molar-refractivity contribution is -0.118. The molecule has 1 fully saturated rings. The Kier molecular flexibility index (Phi) is 5.03. The highest BCUT2D eigenvalue weighted by Crippen LogP contribution is 2.09. The van der Waals surface area contributed by atoms with Crippen LogP contribution in [0.5, 0.6) is 0 Å². The van der Waals surface area contributed by atoms with Gasteiger partial charge in [-0.15, -0.1) is 0 Å². The number of nitrogens with one attached hydrogen (secondary N) is 1. The SMILES string of the molecule is CC.CC(=O)C1CC(F)CN1. The third-order valence-electron chi connectivity index (χ3n) is 1.57. The highest BCUT2D eigenvalue weighted by molar-refractivity contribution is 5.81. The summed E-state index contributed by atoms with van der Waals surface area (Å²) in [6, 6.07) is -0.222. The minimum atomic E-state index is -0.820. The van der Waals surface area contributed by atoms with Gasteiger partial charge in [-0.3, -0.25) is 4.79 Å². The Morgan fingerprint density at radius 1 is 1.55 bits per heavy atom. The standard InChI is InChI=1S/C6H10FNO.C2H6/c1-4(9)6-2-5(7)3-8-6;1-2/h5-6,8H,2-3H2,1H3;1-2H3. The Balaban J connectivity index is 0.000000461. The molecule has 0 aromatic rings. The maximum atomic E-state index is 12.3. The average Bonchev–Trinajstić information content (AvgIpc) is 2.40. The van der Waals surface area contributed by atoms with Gasteiger partial charge in [-0.2, -0.15) is 0 Å². The Labute approximate surface area is 67.2 Å². The summed E-state index contributed by atoms with van der Waals surface area (Å²) in [6.07, 6.45) is -0.464. The maximum absolute atomic E-state index is 12.3. The van der Waals surface area contributed by atoms with Crippen molar-refractivity contribution in [2.24, 2.45) is 0 Å². The third kappa shape index (κ3) is 3.46. The van der Waals surface area contributed by atoms with E-state index in [1.807, 2.05) is 13.8 Å². The molecule has 1 aliphatic rings. The van der Waals surface area contributed by atoms with Crippen LogP contribution in [0.4, 0.5) is 4.39 Å². The zero-order valence-corrected chi connectivity index (χ0v) is 7.36. The van der Waals surface area contributed by atoms with Gasteiger partial charge in [-0.1, -0.05) is 13.8 Å². The second kappa shape index (κ2) is 5.24. The molecule has 0 aromatic carbocycles. The lowest BCUT2D eigenvalue weighted by Gasteiger charge is -2.01. The van der Waals surface area contributed by atoms with E-state index in [2.05, 4.69) is 5.32 Å². The number of alkyl halides is 1. The van der Waals surface area contributed by atoms with Crippen LogP contribution >= 0.6 is 0 Å². The van der Waals surface area contributed by atoms with Crippen LogP contribution in [-0.4, -0.2) is 24.5 Å². The van der Waals surface area contributed by atoms with E-state index in [1.165, 1.54) is 6.92 Å². The molecule has 3 heteroatoms. The van der Waals surface area contributed by atoms with Gasteiger partial charge in [0.05, 0.1) is 6.04 Å². The summed E-state index contributed by atoms with van der Waals surface area (Å²) in [5.74, 6) is 0.0372. The number of hydrogen-bond donors (Lipinski definition) is 1. The van der Waals surface area contributed by atoms with Crippen LogP contribution in [0.3, 0.4) is 0 Å². The molecule has 0 spiro atoms. The van der Waals surface area contributed by atoms with E-state index in [0.29, 0.717) is 13.0 Å². The number of rotatable bonds is 1. The fourth-order valence-corrected chi connectivity index (χ4v) is 1.00. The van der Waals surface area contributed by atoms with Crippen LogP contribution in [0, 0.1) is 0 Å². The lowest BCUT2D eigenvalue weighted by Crippen LogP contribution is -2.28. The fourth-order valence-electron chi connectivity index (χ4n) is 1.00. The average molecular weight is 161 g/mol. The summed E-state index contributed by atoms with van der Waals surface area (Å²) in [4.78, 5) is 10.6. The van der Waals surface area contributed by atoms with Gasteiger partial charge in [0.2, 0.25) is 0 Å². The molecule has 11 heavy (non-hydrogen) atoms. The van der Waals surface area contributed by atoms with Crippen molar-refractivity contribution in [3.63, 3.8) is 0 Å². The minimum Gasteiger partial charge on any atom is -0.304 e. The van der Waals surface area contributed by atoms with Crippen LogP contribution in [0.1, 0.15) is 27.2 Å². The van der Waals surface area contributed by atoms with Gasteiger partial charge in [-0.05, 0) is 6.92 Å². The number of carbonyl (C=O) groups is 1. The molecule has 0 saturated carbocycles. The summed E-state index contributed by atoms with van der Waals surface area (Å²) in [5, 5.41) is 2.78. The molecule has 1 N–H and O–H groups in total. The predicted molar refractivity (Wildman–Crippen MR) is 43.3 cm³/mol. The summed E-state index contributed by atoms with van der Waals surface area (Å²) < 4.78 is 12.3. The molecule has 2 unspecified atom stereocenters. The molecule has 0 aliphatic carbocycles. The number of ketones is 1. The highest BCUT2D eigenvalue weighted by atomic mass is 19.1. The van der Waals surface area contributed by atoms with Gasteiger partial charge in [0.25, 0.3) is 0 Å². The fraction of sp³-hybridized carbons (Fsp3) is 0.875. The monoisotopic (exact) mass is 161 g/mol. The van der Waals surface area contributed by atoms with E-state index in [9.17, 15) is 9.18 Å². The summed E-state index contributed by atoms with van der Waals surface area (Å²) in [6.45, 7) is 5.82. The van der Waals surface area contributed by atoms with Crippen LogP contribution in [0.15, 0.2) is 0 Å². The molecule has 1 heterocycles. The van der Waals surface area contributed by atoms with Crippen molar-refractivity contribution in [1.29, 1.82) is 0 Å². The summed E-state index contributed by atoms with van der Waals surface area (Å²) in [7, 11) is 0. The summed E-state index contributed by atoms with van der Waals surface area (Å²) >= 11 is 0. The quantitative estimate of drug-likeness (QED) is 0.628. The van der Waals surface area contributed by atoms with Gasteiger partial charge < -0.3 is 5.32 Å². The molecule has 66 valence electrons. The first kappa shape index (κ1) is 10.6. The molecule has 1 saturated heterocycles. The normalized spacial score (nSPS) is 29.1. The van der Waals surface area contributed by atoms with Crippen LogP contribution < -0.4 is 5.32 Å². The van der Waals surface area contributed by atoms with Crippen LogP contribution in [0.25, 0.3) is 0 Å². The van der Waals surface area contributed by atoms with E-state index >= 15 is 0 Å². The zero-order chi connectivity index (χ0) is 8.85. The molecule has 0 aromatic heterocycles. The highest BCUT2D eigenvalue weighted by Gasteiger charge is 2.26. The number of carbonyl (C=O) groups excluding carboxylic acids is 1. The Hall–Kier alpha value is -0.440. The number of halogens is 1. The van der Waals surface area contributed by atoms with Crippen molar-refractivity contribution in [2.75, 3.05) is 6.54 Å². The lowest BCUT2D eigenvalue weighted by atomic mass is 10.1. The molecule has 0 radical (unpaired) electrons. The van der Waals surface area contributed by atoms with Gasteiger partial charge in [0, 0.05) is 13.0 Å². The Morgan fingerprint density at radius 2 is 2.09 bits per heavy atom. The molecule has 1 aliphatic heterocycles. The first-order chi connectivity index (χ1) is 5.20. The third-order valence-corrected chi connectivity index (χ3v) is 1.57. The summed E-state index contributed by atoms with van der Waals surface area (Å²) in [5.41, 5.74) is 0. The molecule has 2 atom stereocenters. The van der Waals surface area contributed by atoms with E-state index < -0.39 is 6.17 Å². The van der Waals surface area contributed by atoms with Crippen molar-refractivity contribution in [2.45, 2.75) is 39.4 Å². The van der Waals surface area contributed by atoms with Gasteiger partial charge in [0.15, 0.2) is 0 Å². The Bertz CT molecular complexity index is 127. The number of Topliss-reactive ketones (excluding diaryl/α,β-unsaturated/α-hetero) is 1. The van der Waals surface area contributed by atoms with E-state index in [-0.39, 0.29) is 11.8 Å². The van der Waals surface area contributed by atoms with E-state index in [4.69, 9.17) is 0 Å². The smallest absolute Gasteiger partial charge is 0.146 e. The van der Waals surface area contributed by atoms with Gasteiger partial charge in [0.1, 0.15) is 12.0 Å². The first-order valence-electron chi connectivity index (χ1n) is 4.08. The molecule has 0 bridgehead atoms. The van der Waals surface area contributed by atoms with Gasteiger partial charge >= 0.3 is 0 Å². The predicted octanol–water partition coefficient (Wildman–Crippen LogP) is 1.30. The molecule has 0 amide bonds. The Morgan fingerprint density at radius 3 is 2.27 bits per heavy atom. The van der Waals surface area contributed by atoms with Crippen LogP contribution in [-0.2, 0) is 4.79 Å².